The molecule has 0 saturated heterocycles. The van der Waals surface area contributed by atoms with Gasteiger partial charge in [0.2, 0.25) is 0 Å². The summed E-state index contributed by atoms with van der Waals surface area (Å²) >= 11 is 0. The Kier molecular flexibility index (Phi) is 4.76. The minimum atomic E-state index is -2.90. The topological polar surface area (TPSA) is 80.4 Å². The Hall–Kier alpha value is -0.130. The number of hydrogen-bond acceptors (Lipinski definition) is 4. The quantitative estimate of drug-likeness (QED) is 0.756. The molecule has 2 atom stereocenters. The van der Waals surface area contributed by atoms with Crippen LogP contribution < -0.4 is 5.73 Å². The van der Waals surface area contributed by atoms with Crippen LogP contribution in [0.5, 0.6) is 0 Å². The third-order valence-electron chi connectivity index (χ3n) is 3.40. The molecule has 4 nitrogen and oxygen atoms in total. The van der Waals surface area contributed by atoms with Crippen molar-refractivity contribution >= 4 is 9.84 Å². The number of aliphatic hydroxyl groups is 1. The first-order valence-electron chi connectivity index (χ1n) is 6.05. The van der Waals surface area contributed by atoms with E-state index in [9.17, 15) is 13.5 Å². The molecule has 0 aliphatic heterocycles. The Morgan fingerprint density at radius 1 is 1.50 bits per heavy atom. The van der Waals surface area contributed by atoms with E-state index in [4.69, 9.17) is 5.73 Å². The zero-order valence-corrected chi connectivity index (χ0v) is 10.8. The molecular formula is C11H23NO3S. The molecule has 2 unspecified atom stereocenters. The molecule has 0 radical (unpaired) electrons. The van der Waals surface area contributed by atoms with Crippen molar-refractivity contribution in [1.82, 2.24) is 0 Å². The predicted molar refractivity (Wildman–Crippen MR) is 65.0 cm³/mol. The van der Waals surface area contributed by atoms with Crippen LogP contribution in [0, 0.1) is 0 Å². The standard InChI is InChI=1S/C11H23NO3S/c1-2-16(14,15)8-4-7-11(13)6-3-5-10(12)9-11/h10,13H,2-9,12H2,1H3. The second-order valence-electron chi connectivity index (χ2n) is 4.92. The highest BCUT2D eigenvalue weighted by atomic mass is 32.2. The van der Waals surface area contributed by atoms with Gasteiger partial charge in [-0.05, 0) is 38.5 Å². The molecule has 0 aromatic rings. The average Bonchev–Trinajstić information content (AvgIpc) is 2.16. The minimum absolute atomic E-state index is 0.0709. The molecule has 16 heavy (non-hydrogen) atoms. The van der Waals surface area contributed by atoms with Crippen LogP contribution >= 0.6 is 0 Å². The molecule has 5 heteroatoms. The highest BCUT2D eigenvalue weighted by Crippen LogP contribution is 2.31. The van der Waals surface area contributed by atoms with E-state index in [0.717, 1.165) is 19.3 Å². The third kappa shape index (κ3) is 4.39. The summed E-state index contributed by atoms with van der Waals surface area (Å²) in [4.78, 5) is 0. The van der Waals surface area contributed by atoms with Crippen molar-refractivity contribution in [2.75, 3.05) is 11.5 Å². The maximum Gasteiger partial charge on any atom is 0.150 e. The lowest BCUT2D eigenvalue weighted by Crippen LogP contribution is -2.41. The molecule has 1 aliphatic carbocycles. The molecule has 1 rings (SSSR count). The smallest absolute Gasteiger partial charge is 0.150 e. The third-order valence-corrected chi connectivity index (χ3v) is 5.19. The van der Waals surface area contributed by atoms with Gasteiger partial charge in [0.15, 0.2) is 0 Å². The number of rotatable bonds is 5. The molecule has 96 valence electrons. The van der Waals surface area contributed by atoms with Gasteiger partial charge in [-0.25, -0.2) is 8.42 Å². The van der Waals surface area contributed by atoms with Gasteiger partial charge >= 0.3 is 0 Å². The molecule has 1 saturated carbocycles. The zero-order valence-electron chi connectivity index (χ0n) is 9.98. The summed E-state index contributed by atoms with van der Waals surface area (Å²) in [5.74, 6) is 0.367. The molecular weight excluding hydrogens is 226 g/mol. The lowest BCUT2D eigenvalue weighted by molar-refractivity contribution is -0.0102. The highest BCUT2D eigenvalue weighted by molar-refractivity contribution is 7.91. The van der Waals surface area contributed by atoms with Crippen molar-refractivity contribution in [3.05, 3.63) is 0 Å². The van der Waals surface area contributed by atoms with Gasteiger partial charge in [0, 0.05) is 11.8 Å². The van der Waals surface area contributed by atoms with Crippen molar-refractivity contribution in [2.24, 2.45) is 5.73 Å². The predicted octanol–water partition coefficient (Wildman–Crippen LogP) is 0.834. The Bertz CT molecular complexity index is 315. The molecule has 1 aliphatic rings. The lowest BCUT2D eigenvalue weighted by atomic mass is 9.79. The van der Waals surface area contributed by atoms with Crippen LogP contribution in [-0.4, -0.2) is 36.7 Å². The molecule has 0 aromatic carbocycles. The van der Waals surface area contributed by atoms with Crippen molar-refractivity contribution < 1.29 is 13.5 Å². The summed E-state index contributed by atoms with van der Waals surface area (Å²) in [6, 6.07) is 0.0709. The second-order valence-corrected chi connectivity index (χ2v) is 7.39. The van der Waals surface area contributed by atoms with E-state index < -0.39 is 15.4 Å². The summed E-state index contributed by atoms with van der Waals surface area (Å²) in [5.41, 5.74) is 5.09. The van der Waals surface area contributed by atoms with Crippen LogP contribution in [0.15, 0.2) is 0 Å². The van der Waals surface area contributed by atoms with E-state index in [1.807, 2.05) is 0 Å². The summed E-state index contributed by atoms with van der Waals surface area (Å²) in [6.07, 6.45) is 4.37. The van der Waals surface area contributed by atoms with Crippen molar-refractivity contribution in [1.29, 1.82) is 0 Å². The Morgan fingerprint density at radius 3 is 2.75 bits per heavy atom. The average molecular weight is 249 g/mol. The van der Waals surface area contributed by atoms with Gasteiger partial charge in [-0.3, -0.25) is 0 Å². The molecule has 0 bridgehead atoms. The first-order chi connectivity index (χ1) is 7.37. The molecule has 0 aromatic heterocycles. The van der Waals surface area contributed by atoms with Gasteiger partial charge in [0.25, 0.3) is 0 Å². The fourth-order valence-corrected chi connectivity index (χ4v) is 3.25. The summed E-state index contributed by atoms with van der Waals surface area (Å²) in [5, 5.41) is 10.2. The lowest BCUT2D eigenvalue weighted by Gasteiger charge is -2.35. The van der Waals surface area contributed by atoms with Crippen LogP contribution in [0.1, 0.15) is 45.4 Å². The summed E-state index contributed by atoms with van der Waals surface area (Å²) in [6.45, 7) is 1.65. The van der Waals surface area contributed by atoms with Crippen LogP contribution in [0.3, 0.4) is 0 Å². The number of hydrogen-bond donors (Lipinski definition) is 2. The molecule has 0 heterocycles. The van der Waals surface area contributed by atoms with Crippen molar-refractivity contribution in [2.45, 2.75) is 57.1 Å². The van der Waals surface area contributed by atoms with Crippen LogP contribution in [0.4, 0.5) is 0 Å². The molecule has 0 spiro atoms. The fraction of sp³-hybridized carbons (Fsp3) is 1.00. The van der Waals surface area contributed by atoms with E-state index in [2.05, 4.69) is 0 Å². The Morgan fingerprint density at radius 2 is 2.19 bits per heavy atom. The second kappa shape index (κ2) is 5.47. The van der Waals surface area contributed by atoms with Crippen LogP contribution in [0.2, 0.25) is 0 Å². The maximum atomic E-state index is 11.3. The number of sulfone groups is 1. The largest absolute Gasteiger partial charge is 0.390 e. The first-order valence-corrected chi connectivity index (χ1v) is 7.87. The van der Waals surface area contributed by atoms with Gasteiger partial charge in [-0.2, -0.15) is 0 Å². The van der Waals surface area contributed by atoms with E-state index in [-0.39, 0.29) is 17.5 Å². The van der Waals surface area contributed by atoms with E-state index in [1.54, 1.807) is 6.92 Å². The maximum absolute atomic E-state index is 11.3. The summed E-state index contributed by atoms with van der Waals surface area (Å²) < 4.78 is 22.6. The van der Waals surface area contributed by atoms with Gasteiger partial charge in [0.05, 0.1) is 11.4 Å². The first kappa shape index (κ1) is 13.9. The van der Waals surface area contributed by atoms with E-state index >= 15 is 0 Å². The van der Waals surface area contributed by atoms with Gasteiger partial charge < -0.3 is 10.8 Å². The minimum Gasteiger partial charge on any atom is -0.390 e. The molecule has 1 fully saturated rings. The van der Waals surface area contributed by atoms with Crippen LogP contribution in [-0.2, 0) is 9.84 Å². The number of nitrogens with two attached hydrogens (primary N) is 1. The molecule has 3 N–H and O–H groups in total. The fourth-order valence-electron chi connectivity index (χ4n) is 2.38. The molecule has 0 amide bonds. The monoisotopic (exact) mass is 249 g/mol. The Labute approximate surface area is 98.1 Å². The van der Waals surface area contributed by atoms with Crippen molar-refractivity contribution in [3.63, 3.8) is 0 Å². The highest BCUT2D eigenvalue weighted by Gasteiger charge is 2.32. The van der Waals surface area contributed by atoms with Crippen LogP contribution in [0.25, 0.3) is 0 Å². The van der Waals surface area contributed by atoms with E-state index in [1.165, 1.54) is 0 Å². The Balaban J connectivity index is 2.36. The summed E-state index contributed by atoms with van der Waals surface area (Å²) in [7, 11) is -2.90. The van der Waals surface area contributed by atoms with Gasteiger partial charge in [-0.1, -0.05) is 6.92 Å². The van der Waals surface area contributed by atoms with E-state index in [0.29, 0.717) is 19.3 Å². The zero-order chi connectivity index (χ0) is 12.2. The van der Waals surface area contributed by atoms with Gasteiger partial charge in [-0.15, -0.1) is 0 Å². The SMILES string of the molecule is CCS(=O)(=O)CCCC1(O)CCCC(N)C1. The van der Waals surface area contributed by atoms with Gasteiger partial charge in [0.1, 0.15) is 9.84 Å². The van der Waals surface area contributed by atoms with Crippen molar-refractivity contribution in [3.8, 4) is 0 Å². The normalized spacial score (nSPS) is 31.6.